The zero-order valence-electron chi connectivity index (χ0n) is 9.60. The minimum Gasteiger partial charge on any atom is -0.311 e. The maximum absolute atomic E-state index is 3.81. The minimum atomic E-state index is 0.776. The number of rotatable bonds is 3. The summed E-state index contributed by atoms with van der Waals surface area (Å²) in [4.78, 5) is 0. The van der Waals surface area contributed by atoms with Crippen LogP contribution in [0, 0.1) is 5.92 Å². The molecule has 0 saturated heterocycles. The number of nitrogens with one attached hydrogen (secondary N) is 1. The molecule has 0 aromatic heterocycles. The Kier molecular flexibility index (Phi) is 3.86. The normalized spacial score (nSPS) is 28.1. The Bertz CT molecular complexity index is 155. The Labute approximate surface area is 88.7 Å². The summed E-state index contributed by atoms with van der Waals surface area (Å²) in [6.07, 6.45) is 13.2. The van der Waals surface area contributed by atoms with Gasteiger partial charge in [-0.25, -0.2) is 0 Å². The van der Waals surface area contributed by atoms with E-state index in [0.29, 0.717) is 0 Å². The summed E-state index contributed by atoms with van der Waals surface area (Å²) in [5, 5.41) is 3.81. The molecular formula is C13H25N. The number of hydrogen-bond acceptors (Lipinski definition) is 1. The van der Waals surface area contributed by atoms with Gasteiger partial charge in [0.2, 0.25) is 0 Å². The fraction of sp³-hybridized carbons (Fsp3) is 1.00. The molecule has 2 aliphatic rings. The van der Waals surface area contributed by atoms with Crippen LogP contribution < -0.4 is 5.32 Å². The summed E-state index contributed by atoms with van der Waals surface area (Å²) < 4.78 is 0. The van der Waals surface area contributed by atoms with Crippen molar-refractivity contribution in [2.75, 3.05) is 0 Å². The largest absolute Gasteiger partial charge is 0.311 e. The monoisotopic (exact) mass is 195 g/mol. The molecule has 1 N–H and O–H groups in total. The van der Waals surface area contributed by atoms with Crippen molar-refractivity contribution in [3.8, 4) is 0 Å². The van der Waals surface area contributed by atoms with E-state index in [9.17, 15) is 0 Å². The zero-order chi connectivity index (χ0) is 9.80. The summed E-state index contributed by atoms with van der Waals surface area (Å²) >= 11 is 0. The van der Waals surface area contributed by atoms with Gasteiger partial charge in [0, 0.05) is 12.1 Å². The third-order valence-electron chi connectivity index (χ3n) is 4.21. The van der Waals surface area contributed by atoms with Gasteiger partial charge in [-0.15, -0.1) is 0 Å². The summed E-state index contributed by atoms with van der Waals surface area (Å²) in [5.41, 5.74) is 0. The quantitative estimate of drug-likeness (QED) is 0.680. The van der Waals surface area contributed by atoms with Gasteiger partial charge in [0.25, 0.3) is 0 Å². The lowest BCUT2D eigenvalue weighted by Crippen LogP contribution is -2.44. The average Bonchev–Trinajstić information content (AvgIpc) is 2.38. The molecule has 0 bridgehead atoms. The molecule has 0 radical (unpaired) electrons. The van der Waals surface area contributed by atoms with E-state index >= 15 is 0 Å². The van der Waals surface area contributed by atoms with Crippen molar-refractivity contribution in [2.24, 2.45) is 5.92 Å². The molecule has 1 unspecified atom stereocenters. The molecule has 0 aromatic rings. The maximum atomic E-state index is 3.81. The molecule has 1 heteroatoms. The van der Waals surface area contributed by atoms with Gasteiger partial charge in [0.05, 0.1) is 0 Å². The van der Waals surface area contributed by atoms with E-state index in [0.717, 1.165) is 18.0 Å². The molecule has 0 aromatic carbocycles. The Morgan fingerprint density at radius 1 is 0.857 bits per heavy atom. The van der Waals surface area contributed by atoms with Crippen LogP contribution in [0.15, 0.2) is 0 Å². The first-order valence-electron chi connectivity index (χ1n) is 6.62. The van der Waals surface area contributed by atoms with Gasteiger partial charge in [-0.1, -0.05) is 32.1 Å². The van der Waals surface area contributed by atoms with Crippen LogP contribution in [-0.4, -0.2) is 12.1 Å². The maximum Gasteiger partial charge on any atom is 0.00696 e. The van der Waals surface area contributed by atoms with Crippen LogP contribution in [0.4, 0.5) is 0 Å². The van der Waals surface area contributed by atoms with Crippen molar-refractivity contribution in [3.05, 3.63) is 0 Å². The van der Waals surface area contributed by atoms with Crippen LogP contribution in [0.2, 0.25) is 0 Å². The first-order chi connectivity index (χ1) is 6.86. The molecule has 14 heavy (non-hydrogen) atoms. The van der Waals surface area contributed by atoms with Gasteiger partial charge in [-0.2, -0.15) is 0 Å². The van der Waals surface area contributed by atoms with Gasteiger partial charge in [-0.05, 0) is 38.5 Å². The molecule has 1 atom stereocenters. The van der Waals surface area contributed by atoms with Gasteiger partial charge in [0.1, 0.15) is 0 Å². The van der Waals surface area contributed by atoms with Crippen LogP contribution >= 0.6 is 0 Å². The van der Waals surface area contributed by atoms with E-state index in [1.165, 1.54) is 57.8 Å². The van der Waals surface area contributed by atoms with Gasteiger partial charge in [-0.3, -0.25) is 0 Å². The topological polar surface area (TPSA) is 12.0 Å². The summed E-state index contributed by atoms with van der Waals surface area (Å²) in [6.45, 7) is 2.41. The summed E-state index contributed by atoms with van der Waals surface area (Å²) in [5.74, 6) is 0.970. The van der Waals surface area contributed by atoms with Crippen molar-refractivity contribution < 1.29 is 0 Å². The molecule has 0 heterocycles. The molecule has 82 valence electrons. The lowest BCUT2D eigenvalue weighted by atomic mass is 9.88. The molecule has 2 fully saturated rings. The highest BCUT2D eigenvalue weighted by molar-refractivity contribution is 4.83. The van der Waals surface area contributed by atoms with E-state index in [2.05, 4.69) is 12.2 Å². The van der Waals surface area contributed by atoms with Crippen LogP contribution in [0.1, 0.15) is 64.7 Å². The van der Waals surface area contributed by atoms with Crippen molar-refractivity contribution in [1.29, 1.82) is 0 Å². The molecule has 0 spiro atoms. The SMILES string of the molecule is CC(NC1CCC1)C1CCCCCC1. The standard InChI is InChI=1S/C13H25N/c1-11(14-13-9-6-10-13)12-7-4-2-3-5-8-12/h11-14H,2-10H2,1H3. The first kappa shape index (κ1) is 10.5. The predicted molar refractivity (Wildman–Crippen MR) is 61.4 cm³/mol. The third-order valence-corrected chi connectivity index (χ3v) is 4.21. The van der Waals surface area contributed by atoms with Crippen LogP contribution in [-0.2, 0) is 0 Å². The Morgan fingerprint density at radius 3 is 2.00 bits per heavy atom. The highest BCUT2D eigenvalue weighted by Crippen LogP contribution is 2.27. The van der Waals surface area contributed by atoms with Crippen molar-refractivity contribution in [3.63, 3.8) is 0 Å². The van der Waals surface area contributed by atoms with E-state index in [1.54, 1.807) is 0 Å². The van der Waals surface area contributed by atoms with Gasteiger partial charge >= 0.3 is 0 Å². The predicted octanol–water partition coefficient (Wildman–Crippen LogP) is 3.49. The smallest absolute Gasteiger partial charge is 0.00696 e. The van der Waals surface area contributed by atoms with Crippen molar-refractivity contribution in [2.45, 2.75) is 76.8 Å². The van der Waals surface area contributed by atoms with Crippen molar-refractivity contribution in [1.82, 2.24) is 5.32 Å². The lowest BCUT2D eigenvalue weighted by Gasteiger charge is -2.33. The molecule has 0 amide bonds. The van der Waals surface area contributed by atoms with Crippen molar-refractivity contribution >= 4 is 0 Å². The average molecular weight is 195 g/mol. The molecular weight excluding hydrogens is 170 g/mol. The highest BCUT2D eigenvalue weighted by Gasteiger charge is 2.24. The second kappa shape index (κ2) is 5.16. The number of hydrogen-bond donors (Lipinski definition) is 1. The van der Waals surface area contributed by atoms with Crippen LogP contribution in [0.25, 0.3) is 0 Å². The third kappa shape index (κ3) is 2.73. The second-order valence-corrected chi connectivity index (χ2v) is 5.33. The highest BCUT2D eigenvalue weighted by atomic mass is 15.0. The molecule has 2 rings (SSSR count). The molecule has 0 aliphatic heterocycles. The molecule has 1 nitrogen and oxygen atoms in total. The van der Waals surface area contributed by atoms with E-state index in [1.807, 2.05) is 0 Å². The minimum absolute atomic E-state index is 0.776. The Hall–Kier alpha value is -0.0400. The molecule has 2 saturated carbocycles. The Morgan fingerprint density at radius 2 is 1.50 bits per heavy atom. The first-order valence-corrected chi connectivity index (χ1v) is 6.62. The van der Waals surface area contributed by atoms with Gasteiger partial charge in [0.15, 0.2) is 0 Å². The summed E-state index contributed by atoms with van der Waals surface area (Å²) in [6, 6.07) is 1.65. The molecule has 2 aliphatic carbocycles. The van der Waals surface area contributed by atoms with E-state index in [-0.39, 0.29) is 0 Å². The summed E-state index contributed by atoms with van der Waals surface area (Å²) in [7, 11) is 0. The fourth-order valence-electron chi connectivity index (χ4n) is 2.89. The fourth-order valence-corrected chi connectivity index (χ4v) is 2.89. The van der Waals surface area contributed by atoms with Crippen LogP contribution in [0.3, 0.4) is 0 Å². The Balaban J connectivity index is 1.73. The zero-order valence-corrected chi connectivity index (χ0v) is 9.60. The lowest BCUT2D eigenvalue weighted by molar-refractivity contribution is 0.252. The second-order valence-electron chi connectivity index (χ2n) is 5.33. The van der Waals surface area contributed by atoms with E-state index in [4.69, 9.17) is 0 Å². The van der Waals surface area contributed by atoms with Crippen LogP contribution in [0.5, 0.6) is 0 Å². The van der Waals surface area contributed by atoms with E-state index < -0.39 is 0 Å². The van der Waals surface area contributed by atoms with Gasteiger partial charge < -0.3 is 5.32 Å².